The summed E-state index contributed by atoms with van der Waals surface area (Å²) < 4.78 is 0. The van der Waals surface area contributed by atoms with Crippen molar-refractivity contribution in [3.63, 3.8) is 0 Å². The summed E-state index contributed by atoms with van der Waals surface area (Å²) in [7, 11) is 0. The Labute approximate surface area is 315 Å². The van der Waals surface area contributed by atoms with Crippen LogP contribution in [-0.4, -0.2) is 148 Å². The van der Waals surface area contributed by atoms with Crippen molar-refractivity contribution < 1.29 is 68.4 Å². The zero-order valence-electron chi connectivity index (χ0n) is 30.5. The fourth-order valence-corrected chi connectivity index (χ4v) is 4.99. The number of aliphatic carboxylic acids is 3. The second-order valence-corrected chi connectivity index (χ2v) is 13.4. The maximum atomic E-state index is 13.2. The fourth-order valence-electron chi connectivity index (χ4n) is 4.51. The molecular formula is C31H52N8O14S. The summed E-state index contributed by atoms with van der Waals surface area (Å²) in [6.45, 7) is 2.69. The third-order valence-electron chi connectivity index (χ3n) is 7.28. The average molecular weight is 793 g/mol. The van der Waals surface area contributed by atoms with Crippen molar-refractivity contribution >= 4 is 71.0 Å². The van der Waals surface area contributed by atoms with Gasteiger partial charge in [-0.25, -0.2) is 4.79 Å². The molecule has 0 unspecified atom stereocenters. The van der Waals surface area contributed by atoms with Crippen LogP contribution in [0.2, 0.25) is 0 Å². The summed E-state index contributed by atoms with van der Waals surface area (Å²) in [6, 6.07) is -7.15. The summed E-state index contributed by atoms with van der Waals surface area (Å²) in [5, 5.41) is 53.5. The lowest BCUT2D eigenvalue weighted by Gasteiger charge is -2.25. The Morgan fingerprint density at radius 1 is 0.593 bits per heavy atom. The predicted octanol–water partition coefficient (Wildman–Crippen LogP) is -4.40. The number of carboxylic acids is 3. The maximum absolute atomic E-state index is 13.2. The molecule has 0 heterocycles. The van der Waals surface area contributed by atoms with Gasteiger partial charge in [-0.05, 0) is 50.5 Å². The molecule has 0 aliphatic heterocycles. The normalized spacial score (nSPS) is 14.1. The first-order valence-electron chi connectivity index (χ1n) is 16.8. The number of aliphatic hydroxyl groups is 1. The van der Waals surface area contributed by atoms with Gasteiger partial charge in [-0.1, -0.05) is 13.8 Å². The van der Waals surface area contributed by atoms with Crippen molar-refractivity contribution in [1.82, 2.24) is 37.2 Å². The third kappa shape index (κ3) is 20.9. The number of amides is 7. The highest BCUT2D eigenvalue weighted by molar-refractivity contribution is 7.98. The number of carboxylic acid groups (broad SMARTS) is 3. The molecule has 7 amide bonds. The minimum absolute atomic E-state index is 0.0474. The van der Waals surface area contributed by atoms with E-state index < -0.39 is 141 Å². The van der Waals surface area contributed by atoms with Crippen LogP contribution in [0.3, 0.4) is 0 Å². The topological polar surface area (TPSA) is 362 Å². The number of hydrogen-bond donors (Lipinski definition) is 12. The molecule has 306 valence electrons. The standard InChI is InChI=1S/C31H52N8O14S/c1-15(2)11-20(31(52)53)36-22(42)13-33-28(49)19(9-10-54-4)38-30(51)26(16(3)40)39-23(43)14-34-27(48)17(5-7-24(44)45)37-29(50)18(6-8-25(46)47)35-21(41)12-32/h15-20,26,40H,5-14,32H2,1-4H3,(H,33,49)(H,34,48)(H,35,41)(H,36,42)(H,37,50)(H,38,51)(H,39,43)(H,44,45)(H,46,47)(H,52,53)/t16-,17+,18+,19+,20+,26+/m1/s1. The molecule has 0 aliphatic carbocycles. The predicted molar refractivity (Wildman–Crippen MR) is 190 cm³/mol. The van der Waals surface area contributed by atoms with Crippen LogP contribution in [0.5, 0.6) is 0 Å². The molecule has 0 saturated carbocycles. The molecule has 54 heavy (non-hydrogen) atoms. The van der Waals surface area contributed by atoms with Gasteiger partial charge in [-0.2, -0.15) is 11.8 Å². The number of rotatable bonds is 27. The molecule has 23 heteroatoms. The Bertz CT molecular complexity index is 1350. The molecule has 0 radical (unpaired) electrons. The summed E-state index contributed by atoms with van der Waals surface area (Å²) in [5.74, 6) is -10.1. The lowest BCUT2D eigenvalue weighted by Crippen LogP contribution is -2.59. The lowest BCUT2D eigenvalue weighted by atomic mass is 10.0. The average Bonchev–Trinajstić information content (AvgIpc) is 3.08. The first-order chi connectivity index (χ1) is 25.2. The highest BCUT2D eigenvalue weighted by Gasteiger charge is 2.32. The smallest absolute Gasteiger partial charge is 0.326 e. The highest BCUT2D eigenvalue weighted by Crippen LogP contribution is 2.07. The van der Waals surface area contributed by atoms with Crippen LogP contribution in [0.25, 0.3) is 0 Å². The van der Waals surface area contributed by atoms with E-state index in [2.05, 4.69) is 37.2 Å². The van der Waals surface area contributed by atoms with Crippen LogP contribution in [0.1, 0.15) is 59.3 Å². The number of thioether (sulfide) groups is 1. The molecule has 0 aromatic carbocycles. The van der Waals surface area contributed by atoms with E-state index in [9.17, 15) is 58.2 Å². The summed E-state index contributed by atoms with van der Waals surface area (Å²) in [5.41, 5.74) is 5.24. The molecule has 0 bridgehead atoms. The van der Waals surface area contributed by atoms with Gasteiger partial charge in [-0.15, -0.1) is 0 Å². The minimum atomic E-state index is -1.67. The highest BCUT2D eigenvalue weighted by atomic mass is 32.2. The van der Waals surface area contributed by atoms with Crippen LogP contribution in [-0.2, 0) is 47.9 Å². The number of carbonyl (C=O) groups is 10. The molecule has 0 rings (SSSR count). The molecule has 6 atom stereocenters. The van der Waals surface area contributed by atoms with Gasteiger partial charge in [0.25, 0.3) is 0 Å². The van der Waals surface area contributed by atoms with Crippen LogP contribution in [0.15, 0.2) is 0 Å². The number of nitrogens with two attached hydrogens (primary N) is 1. The first-order valence-corrected chi connectivity index (χ1v) is 18.2. The van der Waals surface area contributed by atoms with E-state index in [-0.39, 0.29) is 18.8 Å². The Balaban J connectivity index is 5.62. The molecule has 13 N–H and O–H groups in total. The quantitative estimate of drug-likeness (QED) is 0.0374. The van der Waals surface area contributed by atoms with Crippen molar-refractivity contribution in [2.24, 2.45) is 11.7 Å². The number of aliphatic hydroxyl groups excluding tert-OH is 1. The van der Waals surface area contributed by atoms with Gasteiger partial charge in [0.05, 0.1) is 25.7 Å². The second-order valence-electron chi connectivity index (χ2n) is 12.4. The van der Waals surface area contributed by atoms with Crippen molar-refractivity contribution in [3.8, 4) is 0 Å². The monoisotopic (exact) mass is 792 g/mol. The number of hydrogen-bond acceptors (Lipinski definition) is 13. The van der Waals surface area contributed by atoms with E-state index in [0.717, 1.165) is 6.92 Å². The largest absolute Gasteiger partial charge is 0.481 e. The van der Waals surface area contributed by atoms with E-state index in [0.29, 0.717) is 5.75 Å². The van der Waals surface area contributed by atoms with Gasteiger partial charge in [-0.3, -0.25) is 43.2 Å². The van der Waals surface area contributed by atoms with E-state index in [1.807, 2.05) is 0 Å². The van der Waals surface area contributed by atoms with Gasteiger partial charge in [0.15, 0.2) is 0 Å². The van der Waals surface area contributed by atoms with E-state index in [1.54, 1.807) is 20.1 Å². The summed E-state index contributed by atoms with van der Waals surface area (Å²) in [4.78, 5) is 122. The van der Waals surface area contributed by atoms with Crippen LogP contribution >= 0.6 is 11.8 Å². The molecule has 0 aromatic rings. The van der Waals surface area contributed by atoms with E-state index in [1.165, 1.54) is 11.8 Å². The van der Waals surface area contributed by atoms with Crippen molar-refractivity contribution in [3.05, 3.63) is 0 Å². The number of carbonyl (C=O) groups excluding carboxylic acids is 7. The van der Waals surface area contributed by atoms with Crippen LogP contribution in [0, 0.1) is 5.92 Å². The molecule has 22 nitrogen and oxygen atoms in total. The van der Waals surface area contributed by atoms with E-state index in [4.69, 9.17) is 15.9 Å². The number of nitrogens with one attached hydrogen (secondary N) is 7. The third-order valence-corrected chi connectivity index (χ3v) is 7.92. The molecule has 0 spiro atoms. The Kier molecular flexibility index (Phi) is 23.5. The minimum Gasteiger partial charge on any atom is -0.481 e. The first kappa shape index (κ1) is 49.0. The Hall–Kier alpha value is -5.03. The van der Waals surface area contributed by atoms with Crippen molar-refractivity contribution in [2.75, 3.05) is 31.6 Å². The SMILES string of the molecule is CSCC[C@H](NC(=O)[C@@H](NC(=O)CNC(=O)[C@H](CCC(=O)O)NC(=O)[C@H](CCC(=O)O)NC(=O)CN)[C@@H](C)O)C(=O)NCC(=O)N[C@@H](CC(C)C)C(=O)O. The van der Waals surface area contributed by atoms with E-state index >= 15 is 0 Å². The van der Waals surface area contributed by atoms with Crippen molar-refractivity contribution in [1.29, 1.82) is 0 Å². The second kappa shape index (κ2) is 25.9. The fraction of sp³-hybridized carbons (Fsp3) is 0.677. The Morgan fingerprint density at radius 3 is 1.46 bits per heavy atom. The van der Waals surface area contributed by atoms with Crippen molar-refractivity contribution in [2.45, 2.75) is 95.6 Å². The molecule has 0 aliphatic rings. The summed E-state index contributed by atoms with van der Waals surface area (Å²) in [6.07, 6.45) is -1.67. The molecular weight excluding hydrogens is 740 g/mol. The van der Waals surface area contributed by atoms with Gasteiger partial charge in [0, 0.05) is 12.8 Å². The van der Waals surface area contributed by atoms with Gasteiger partial charge < -0.3 is 63.4 Å². The molecule has 0 fully saturated rings. The summed E-state index contributed by atoms with van der Waals surface area (Å²) >= 11 is 1.33. The van der Waals surface area contributed by atoms with Gasteiger partial charge in [0.1, 0.15) is 30.2 Å². The molecule has 0 aromatic heterocycles. The maximum Gasteiger partial charge on any atom is 0.326 e. The van der Waals surface area contributed by atoms with Gasteiger partial charge in [0.2, 0.25) is 41.4 Å². The zero-order chi connectivity index (χ0) is 41.5. The molecule has 0 saturated heterocycles. The van der Waals surface area contributed by atoms with Crippen LogP contribution < -0.4 is 43.0 Å². The Morgan fingerprint density at radius 2 is 1.04 bits per heavy atom. The lowest BCUT2D eigenvalue weighted by molar-refractivity contribution is -0.142. The van der Waals surface area contributed by atoms with Gasteiger partial charge >= 0.3 is 17.9 Å². The zero-order valence-corrected chi connectivity index (χ0v) is 31.3. The van der Waals surface area contributed by atoms with Crippen LogP contribution in [0.4, 0.5) is 0 Å².